The Morgan fingerprint density at radius 2 is 2.14 bits per heavy atom. The van der Waals surface area contributed by atoms with Crippen molar-refractivity contribution in [2.45, 2.75) is 45.8 Å². The van der Waals surface area contributed by atoms with E-state index < -0.39 is 10.0 Å². The first-order valence-corrected chi connectivity index (χ1v) is 9.71. The molecule has 0 aromatic carbocycles. The van der Waals surface area contributed by atoms with Gasteiger partial charge >= 0.3 is 6.03 Å². The topological polar surface area (TPSA) is 79.0 Å². The van der Waals surface area contributed by atoms with Crippen LogP contribution in [0, 0.1) is 0 Å². The first-order valence-electron chi connectivity index (χ1n) is 7.87. The molecule has 1 heterocycles. The normalized spacial score (nSPS) is 19.7. The van der Waals surface area contributed by atoms with Crippen LogP contribution in [0.25, 0.3) is 0 Å². The highest BCUT2D eigenvalue weighted by Crippen LogP contribution is 2.08. The van der Waals surface area contributed by atoms with E-state index in [1.807, 2.05) is 20.8 Å². The molecule has 1 saturated heterocycles. The summed E-state index contributed by atoms with van der Waals surface area (Å²) in [6, 6.07) is -0.174. The van der Waals surface area contributed by atoms with E-state index in [0.29, 0.717) is 39.2 Å². The summed E-state index contributed by atoms with van der Waals surface area (Å²) in [5, 5.41) is 2.85. The average molecular weight is 335 g/mol. The predicted molar refractivity (Wildman–Crippen MR) is 86.3 cm³/mol. The van der Waals surface area contributed by atoms with Gasteiger partial charge in [-0.3, -0.25) is 0 Å². The summed E-state index contributed by atoms with van der Waals surface area (Å²) in [5.41, 5.74) is 0. The van der Waals surface area contributed by atoms with Crippen LogP contribution in [-0.4, -0.2) is 74.8 Å². The van der Waals surface area contributed by atoms with Crippen molar-refractivity contribution in [3.05, 3.63) is 0 Å². The Balaban J connectivity index is 2.33. The number of hydrogen-bond acceptors (Lipinski definition) is 4. The Labute approximate surface area is 134 Å². The van der Waals surface area contributed by atoms with Crippen molar-refractivity contribution in [3.8, 4) is 0 Å². The average Bonchev–Trinajstić information content (AvgIpc) is 2.45. The number of nitrogens with one attached hydrogen (secondary N) is 1. The number of carbonyl (C=O) groups is 1. The minimum absolute atomic E-state index is 0.0738. The van der Waals surface area contributed by atoms with Gasteiger partial charge in [-0.15, -0.1) is 0 Å². The second-order valence-electron chi connectivity index (χ2n) is 5.90. The molecule has 0 aliphatic carbocycles. The first-order chi connectivity index (χ1) is 10.3. The zero-order chi connectivity index (χ0) is 16.8. The molecular weight excluding hydrogens is 306 g/mol. The van der Waals surface area contributed by atoms with Gasteiger partial charge in [0.25, 0.3) is 0 Å². The van der Waals surface area contributed by atoms with E-state index in [9.17, 15) is 13.2 Å². The molecule has 2 amide bonds. The van der Waals surface area contributed by atoms with Gasteiger partial charge in [0.1, 0.15) is 0 Å². The maximum Gasteiger partial charge on any atom is 0.317 e. The van der Waals surface area contributed by atoms with Crippen molar-refractivity contribution in [1.82, 2.24) is 14.5 Å². The van der Waals surface area contributed by atoms with E-state index in [0.717, 1.165) is 6.42 Å². The second-order valence-corrected chi connectivity index (χ2v) is 7.84. The molecule has 1 rings (SSSR count). The van der Waals surface area contributed by atoms with Crippen LogP contribution in [0.15, 0.2) is 0 Å². The molecule has 0 bridgehead atoms. The Morgan fingerprint density at radius 1 is 1.45 bits per heavy atom. The summed E-state index contributed by atoms with van der Waals surface area (Å²) in [6.45, 7) is 8.40. The monoisotopic (exact) mass is 335 g/mol. The van der Waals surface area contributed by atoms with Crippen molar-refractivity contribution < 1.29 is 17.9 Å². The van der Waals surface area contributed by atoms with Crippen LogP contribution in [0.3, 0.4) is 0 Å². The SMILES string of the molecule is CC[C@H]1CN(C(=O)NCCCN(C(C)C)S(C)(=O)=O)CCO1. The van der Waals surface area contributed by atoms with E-state index in [2.05, 4.69) is 5.32 Å². The number of carbonyl (C=O) groups excluding carboxylic acids is 1. The van der Waals surface area contributed by atoms with Gasteiger partial charge in [0.05, 0.1) is 19.0 Å². The van der Waals surface area contributed by atoms with Gasteiger partial charge in [-0.1, -0.05) is 6.92 Å². The Hall–Kier alpha value is -0.860. The number of ether oxygens (including phenoxy) is 1. The minimum Gasteiger partial charge on any atom is -0.375 e. The highest BCUT2D eigenvalue weighted by molar-refractivity contribution is 7.88. The minimum atomic E-state index is -3.20. The van der Waals surface area contributed by atoms with Crippen LogP contribution < -0.4 is 5.32 Å². The number of amides is 2. The van der Waals surface area contributed by atoms with Crippen LogP contribution in [0.2, 0.25) is 0 Å². The number of morpholine rings is 1. The fourth-order valence-electron chi connectivity index (χ4n) is 2.50. The van der Waals surface area contributed by atoms with Crippen molar-refractivity contribution in [2.75, 3.05) is 39.0 Å². The van der Waals surface area contributed by atoms with Crippen molar-refractivity contribution in [3.63, 3.8) is 0 Å². The molecule has 0 saturated carbocycles. The lowest BCUT2D eigenvalue weighted by atomic mass is 10.2. The molecule has 1 atom stereocenters. The maximum atomic E-state index is 12.1. The second kappa shape index (κ2) is 8.69. The lowest BCUT2D eigenvalue weighted by Crippen LogP contribution is -2.49. The van der Waals surface area contributed by atoms with Crippen LogP contribution in [0.5, 0.6) is 0 Å². The zero-order valence-corrected chi connectivity index (χ0v) is 14.9. The molecule has 8 heteroatoms. The number of urea groups is 1. The van der Waals surface area contributed by atoms with Crippen molar-refractivity contribution in [1.29, 1.82) is 0 Å². The number of rotatable bonds is 7. The molecule has 1 aliphatic rings. The van der Waals surface area contributed by atoms with E-state index in [1.165, 1.54) is 10.6 Å². The Morgan fingerprint density at radius 3 is 2.68 bits per heavy atom. The molecule has 130 valence electrons. The molecule has 22 heavy (non-hydrogen) atoms. The van der Waals surface area contributed by atoms with E-state index in [-0.39, 0.29) is 18.2 Å². The van der Waals surface area contributed by atoms with Crippen LogP contribution in [0.4, 0.5) is 4.79 Å². The number of hydrogen-bond donors (Lipinski definition) is 1. The fraction of sp³-hybridized carbons (Fsp3) is 0.929. The third-order valence-corrected chi connectivity index (χ3v) is 5.17. The summed E-state index contributed by atoms with van der Waals surface area (Å²) >= 11 is 0. The van der Waals surface area contributed by atoms with Crippen molar-refractivity contribution >= 4 is 16.1 Å². The molecule has 0 aromatic heterocycles. The van der Waals surface area contributed by atoms with E-state index in [4.69, 9.17) is 4.74 Å². The highest BCUT2D eigenvalue weighted by atomic mass is 32.2. The molecule has 0 aromatic rings. The zero-order valence-electron chi connectivity index (χ0n) is 14.0. The van der Waals surface area contributed by atoms with Gasteiger partial charge in [-0.2, -0.15) is 4.31 Å². The standard InChI is InChI=1S/C14H29N3O4S/c1-5-13-11-16(9-10-21-13)14(18)15-7-6-8-17(12(2)3)22(4,19)20/h12-13H,5-11H2,1-4H3,(H,15,18)/t13-/m0/s1. The Kier molecular flexibility index (Phi) is 7.58. The maximum absolute atomic E-state index is 12.1. The molecule has 1 aliphatic heterocycles. The largest absolute Gasteiger partial charge is 0.375 e. The predicted octanol–water partition coefficient (Wildman–Crippen LogP) is 0.867. The van der Waals surface area contributed by atoms with E-state index >= 15 is 0 Å². The number of nitrogens with zero attached hydrogens (tertiary/aromatic N) is 2. The quantitative estimate of drug-likeness (QED) is 0.700. The summed E-state index contributed by atoms with van der Waals surface area (Å²) in [5.74, 6) is 0. The molecule has 0 spiro atoms. The smallest absolute Gasteiger partial charge is 0.317 e. The molecule has 0 radical (unpaired) electrons. The van der Waals surface area contributed by atoms with Crippen LogP contribution >= 0.6 is 0 Å². The molecular formula is C14H29N3O4S. The van der Waals surface area contributed by atoms with Gasteiger partial charge in [-0.25, -0.2) is 13.2 Å². The lowest BCUT2D eigenvalue weighted by molar-refractivity contribution is -0.0153. The summed E-state index contributed by atoms with van der Waals surface area (Å²) in [6.07, 6.45) is 2.81. The summed E-state index contributed by atoms with van der Waals surface area (Å²) < 4.78 is 30.2. The fourth-order valence-corrected chi connectivity index (χ4v) is 3.73. The van der Waals surface area contributed by atoms with Crippen molar-refractivity contribution in [2.24, 2.45) is 0 Å². The third-order valence-electron chi connectivity index (χ3n) is 3.71. The highest BCUT2D eigenvalue weighted by Gasteiger charge is 2.23. The third kappa shape index (κ3) is 6.10. The summed E-state index contributed by atoms with van der Waals surface area (Å²) in [7, 11) is -3.20. The van der Waals surface area contributed by atoms with Crippen LogP contribution in [-0.2, 0) is 14.8 Å². The molecule has 7 nitrogen and oxygen atoms in total. The van der Waals surface area contributed by atoms with E-state index in [1.54, 1.807) is 4.90 Å². The van der Waals surface area contributed by atoms with Gasteiger partial charge in [-0.05, 0) is 26.7 Å². The van der Waals surface area contributed by atoms with Gasteiger partial charge in [0.2, 0.25) is 10.0 Å². The van der Waals surface area contributed by atoms with Crippen LogP contribution in [0.1, 0.15) is 33.6 Å². The Bertz CT molecular complexity index is 453. The van der Waals surface area contributed by atoms with Gasteiger partial charge < -0.3 is 15.0 Å². The first kappa shape index (κ1) is 19.2. The van der Waals surface area contributed by atoms with Gasteiger partial charge in [0, 0.05) is 32.2 Å². The summed E-state index contributed by atoms with van der Waals surface area (Å²) in [4.78, 5) is 13.8. The van der Waals surface area contributed by atoms with Gasteiger partial charge in [0.15, 0.2) is 0 Å². The molecule has 1 fully saturated rings. The molecule has 0 unspecified atom stereocenters. The number of sulfonamides is 1. The molecule has 1 N–H and O–H groups in total. The lowest BCUT2D eigenvalue weighted by Gasteiger charge is -2.32.